The van der Waals surface area contributed by atoms with Crippen molar-refractivity contribution in [2.75, 3.05) is 11.2 Å². The van der Waals surface area contributed by atoms with E-state index in [2.05, 4.69) is 10.3 Å². The molecule has 1 heterocycles. The Balaban J connectivity index is 2.00. The summed E-state index contributed by atoms with van der Waals surface area (Å²) in [5.41, 5.74) is 1.11. The fraction of sp³-hybridized carbons (Fsp3) is 0.500. The molecule has 0 spiro atoms. The van der Waals surface area contributed by atoms with Crippen molar-refractivity contribution in [1.29, 1.82) is 0 Å². The van der Waals surface area contributed by atoms with E-state index in [0.717, 1.165) is 5.69 Å². The van der Waals surface area contributed by atoms with Gasteiger partial charge < -0.3 is 5.32 Å². The molecule has 70 valence electrons. The molecule has 1 aromatic rings. The van der Waals surface area contributed by atoms with E-state index in [-0.39, 0.29) is 11.8 Å². The Morgan fingerprint density at radius 1 is 1.77 bits per heavy atom. The molecule has 1 aliphatic rings. The van der Waals surface area contributed by atoms with Gasteiger partial charge >= 0.3 is 0 Å². The van der Waals surface area contributed by atoms with Gasteiger partial charge in [-0.3, -0.25) is 4.79 Å². The van der Waals surface area contributed by atoms with Gasteiger partial charge in [-0.05, 0) is 12.8 Å². The topological polar surface area (TPSA) is 42.0 Å². The molecule has 13 heavy (non-hydrogen) atoms. The number of nitrogens with zero attached hydrogens (tertiary/aromatic N) is 1. The predicted molar refractivity (Wildman–Crippen MR) is 53.4 cm³/mol. The molecule has 0 radical (unpaired) electrons. The highest BCUT2D eigenvalue weighted by molar-refractivity contribution is 7.14. The molecule has 0 aliphatic heterocycles. The van der Waals surface area contributed by atoms with Crippen molar-refractivity contribution < 1.29 is 4.79 Å². The number of carbonyl (C=O) groups is 1. The van der Waals surface area contributed by atoms with Gasteiger partial charge in [-0.25, -0.2) is 4.98 Å². The summed E-state index contributed by atoms with van der Waals surface area (Å²) in [6.45, 7) is 0. The molecular weight excluding hydrogens is 208 g/mol. The maximum atomic E-state index is 10.9. The van der Waals surface area contributed by atoms with Crippen molar-refractivity contribution in [3.05, 3.63) is 11.1 Å². The van der Waals surface area contributed by atoms with Crippen LogP contribution in [-0.2, 0) is 4.79 Å². The monoisotopic (exact) mass is 216 g/mol. The molecule has 2 rings (SSSR count). The third-order valence-corrected chi connectivity index (χ3v) is 2.90. The van der Waals surface area contributed by atoms with E-state index in [4.69, 9.17) is 11.6 Å². The number of hydrogen-bond acceptors (Lipinski definition) is 3. The van der Waals surface area contributed by atoms with E-state index in [1.165, 1.54) is 24.2 Å². The van der Waals surface area contributed by atoms with Crippen molar-refractivity contribution in [1.82, 2.24) is 4.98 Å². The van der Waals surface area contributed by atoms with Gasteiger partial charge in [0.15, 0.2) is 5.13 Å². The summed E-state index contributed by atoms with van der Waals surface area (Å²) in [5, 5.41) is 5.29. The first-order valence-electron chi connectivity index (χ1n) is 4.11. The number of alkyl halides is 1. The molecule has 0 aromatic carbocycles. The maximum Gasteiger partial charge on any atom is 0.241 e. The SMILES string of the molecule is O=C(CCl)Nc1nc(C2CC2)cs1. The normalized spacial score (nSPS) is 15.8. The fourth-order valence-corrected chi connectivity index (χ4v) is 1.94. The molecule has 0 saturated heterocycles. The second-order valence-corrected chi connectivity index (χ2v) is 4.16. The summed E-state index contributed by atoms with van der Waals surface area (Å²) in [6, 6.07) is 0. The van der Waals surface area contributed by atoms with Gasteiger partial charge in [0.25, 0.3) is 0 Å². The summed E-state index contributed by atoms with van der Waals surface area (Å²) in [7, 11) is 0. The Hall–Kier alpha value is -0.610. The molecule has 1 aliphatic carbocycles. The molecular formula is C8H9ClN2OS. The van der Waals surface area contributed by atoms with Crippen molar-refractivity contribution in [3.63, 3.8) is 0 Å². The van der Waals surface area contributed by atoms with Crippen LogP contribution >= 0.6 is 22.9 Å². The predicted octanol–water partition coefficient (Wildman–Crippen LogP) is 2.20. The number of nitrogens with one attached hydrogen (secondary N) is 1. The molecule has 1 saturated carbocycles. The first-order chi connectivity index (χ1) is 6.29. The second-order valence-electron chi connectivity index (χ2n) is 3.03. The van der Waals surface area contributed by atoms with E-state index in [1.807, 2.05) is 5.38 Å². The van der Waals surface area contributed by atoms with Crippen LogP contribution in [-0.4, -0.2) is 16.8 Å². The number of aromatic nitrogens is 1. The molecule has 1 N–H and O–H groups in total. The molecule has 0 atom stereocenters. The van der Waals surface area contributed by atoms with E-state index < -0.39 is 0 Å². The van der Waals surface area contributed by atoms with E-state index in [0.29, 0.717) is 11.0 Å². The summed E-state index contributed by atoms with van der Waals surface area (Å²) < 4.78 is 0. The van der Waals surface area contributed by atoms with Crippen LogP contribution in [0.3, 0.4) is 0 Å². The van der Waals surface area contributed by atoms with Crippen LogP contribution < -0.4 is 5.32 Å². The molecule has 0 bridgehead atoms. The lowest BCUT2D eigenvalue weighted by Gasteiger charge is -1.95. The minimum Gasteiger partial charge on any atom is -0.301 e. The number of thiazole rings is 1. The average molecular weight is 217 g/mol. The fourth-order valence-electron chi connectivity index (χ4n) is 1.06. The molecule has 1 aromatic heterocycles. The lowest BCUT2D eigenvalue weighted by Crippen LogP contribution is -2.12. The van der Waals surface area contributed by atoms with Crippen molar-refractivity contribution in [2.24, 2.45) is 0 Å². The van der Waals surface area contributed by atoms with Gasteiger partial charge in [-0.2, -0.15) is 0 Å². The summed E-state index contributed by atoms with van der Waals surface area (Å²) >= 11 is 6.81. The highest BCUT2D eigenvalue weighted by atomic mass is 35.5. The quantitative estimate of drug-likeness (QED) is 0.788. The maximum absolute atomic E-state index is 10.9. The number of rotatable bonds is 3. The molecule has 1 fully saturated rings. The van der Waals surface area contributed by atoms with Crippen LogP contribution in [0.1, 0.15) is 24.5 Å². The third-order valence-electron chi connectivity index (χ3n) is 1.89. The van der Waals surface area contributed by atoms with Gasteiger partial charge in [0, 0.05) is 11.3 Å². The van der Waals surface area contributed by atoms with Crippen LogP contribution in [0.25, 0.3) is 0 Å². The Morgan fingerprint density at radius 2 is 2.54 bits per heavy atom. The van der Waals surface area contributed by atoms with E-state index in [1.54, 1.807) is 0 Å². The third kappa shape index (κ3) is 2.19. The minimum absolute atomic E-state index is 0.0155. The zero-order chi connectivity index (χ0) is 9.26. The minimum atomic E-state index is -0.196. The number of amides is 1. The number of anilines is 1. The molecule has 5 heteroatoms. The first-order valence-corrected chi connectivity index (χ1v) is 5.52. The average Bonchev–Trinajstić information content (AvgIpc) is 2.88. The van der Waals surface area contributed by atoms with Crippen LogP contribution in [0.2, 0.25) is 0 Å². The largest absolute Gasteiger partial charge is 0.301 e. The lowest BCUT2D eigenvalue weighted by molar-refractivity contribution is -0.113. The Bertz CT molecular complexity index is 322. The van der Waals surface area contributed by atoms with Crippen LogP contribution in [0, 0.1) is 0 Å². The number of carbonyl (C=O) groups excluding carboxylic acids is 1. The molecule has 3 nitrogen and oxygen atoms in total. The highest BCUT2D eigenvalue weighted by Gasteiger charge is 2.26. The van der Waals surface area contributed by atoms with Crippen molar-refractivity contribution in [2.45, 2.75) is 18.8 Å². The Morgan fingerprint density at radius 3 is 3.15 bits per heavy atom. The smallest absolute Gasteiger partial charge is 0.241 e. The zero-order valence-corrected chi connectivity index (χ0v) is 8.49. The Labute approximate surface area is 85.1 Å². The standard InChI is InChI=1S/C8H9ClN2OS/c9-3-7(12)11-8-10-6(4-13-8)5-1-2-5/h4-5H,1-3H2,(H,10,11,12). The van der Waals surface area contributed by atoms with Gasteiger partial charge in [0.2, 0.25) is 5.91 Å². The summed E-state index contributed by atoms with van der Waals surface area (Å²) in [5.74, 6) is 0.425. The molecule has 0 unspecified atom stereocenters. The van der Waals surface area contributed by atoms with Crippen molar-refractivity contribution >= 4 is 34.0 Å². The highest BCUT2D eigenvalue weighted by Crippen LogP contribution is 2.40. The van der Waals surface area contributed by atoms with Crippen LogP contribution in [0.4, 0.5) is 5.13 Å². The van der Waals surface area contributed by atoms with Gasteiger partial charge in [0.1, 0.15) is 5.88 Å². The second kappa shape index (κ2) is 3.64. The van der Waals surface area contributed by atoms with Gasteiger partial charge in [-0.1, -0.05) is 0 Å². The number of hydrogen-bond donors (Lipinski definition) is 1. The number of halogens is 1. The Kier molecular flexibility index (Phi) is 2.51. The summed E-state index contributed by atoms with van der Waals surface area (Å²) in [4.78, 5) is 15.2. The zero-order valence-electron chi connectivity index (χ0n) is 6.92. The molecule has 1 amide bonds. The van der Waals surface area contributed by atoms with Crippen LogP contribution in [0.15, 0.2) is 5.38 Å². The lowest BCUT2D eigenvalue weighted by atomic mass is 10.3. The van der Waals surface area contributed by atoms with E-state index in [9.17, 15) is 4.79 Å². The summed E-state index contributed by atoms with van der Waals surface area (Å²) in [6.07, 6.45) is 2.46. The first kappa shape index (κ1) is 8.97. The van der Waals surface area contributed by atoms with E-state index >= 15 is 0 Å². The van der Waals surface area contributed by atoms with Crippen molar-refractivity contribution in [3.8, 4) is 0 Å². The van der Waals surface area contributed by atoms with Gasteiger partial charge in [-0.15, -0.1) is 22.9 Å². The van der Waals surface area contributed by atoms with Gasteiger partial charge in [0.05, 0.1) is 5.69 Å². The van der Waals surface area contributed by atoms with Crippen LogP contribution in [0.5, 0.6) is 0 Å².